The minimum atomic E-state index is -1.44. The molecule has 0 aromatic heterocycles. The number of aliphatic hydroxyl groups excluding tert-OH is 3. The van der Waals surface area contributed by atoms with Crippen molar-refractivity contribution < 1.29 is 34.7 Å². The van der Waals surface area contributed by atoms with Crippen LogP contribution in [0.25, 0.3) is 0 Å². The van der Waals surface area contributed by atoms with Crippen LogP contribution in [0.3, 0.4) is 0 Å². The van der Waals surface area contributed by atoms with Crippen molar-refractivity contribution in [1.29, 1.82) is 0 Å². The summed E-state index contributed by atoms with van der Waals surface area (Å²) in [5.41, 5.74) is -0.924. The third-order valence-corrected chi connectivity index (χ3v) is 5.83. The number of epoxide rings is 1. The molecule has 0 aliphatic carbocycles. The molecule has 2 aliphatic heterocycles. The zero-order valence-electron chi connectivity index (χ0n) is 16.0. The maximum absolute atomic E-state index is 12.8. The number of ether oxygens (including phenoxy) is 2. The number of hydrogen-bond donors (Lipinski definition) is 4. The number of aliphatic hydroxyl groups is 4. The molecule has 0 radical (unpaired) electrons. The highest BCUT2D eigenvalue weighted by Gasteiger charge is 2.62. The molecule has 0 saturated carbocycles. The molecule has 0 bridgehead atoms. The maximum atomic E-state index is 12.8. The van der Waals surface area contributed by atoms with Gasteiger partial charge < -0.3 is 29.9 Å². The lowest BCUT2D eigenvalue weighted by Gasteiger charge is -2.39. The summed E-state index contributed by atoms with van der Waals surface area (Å²) in [6.07, 6.45) is 1.55. The third kappa shape index (κ3) is 4.03. The van der Waals surface area contributed by atoms with E-state index in [4.69, 9.17) is 9.47 Å². The van der Waals surface area contributed by atoms with Crippen molar-refractivity contribution in [1.82, 2.24) is 0 Å². The maximum Gasteiger partial charge on any atom is 0.167 e. The second kappa shape index (κ2) is 8.04. The first kappa shape index (κ1) is 21.5. The van der Waals surface area contributed by atoms with Gasteiger partial charge in [-0.3, -0.25) is 4.79 Å². The minimum absolute atomic E-state index is 0.0669. The molecular formula is C19H32O7. The molecule has 150 valence electrons. The van der Waals surface area contributed by atoms with Gasteiger partial charge in [-0.25, -0.2) is 0 Å². The summed E-state index contributed by atoms with van der Waals surface area (Å²) in [6, 6.07) is 0. The number of carbonyl (C=O) groups is 1. The Kier molecular flexibility index (Phi) is 6.64. The van der Waals surface area contributed by atoms with Crippen LogP contribution in [0.1, 0.15) is 40.5 Å². The Morgan fingerprint density at radius 1 is 1.42 bits per heavy atom. The van der Waals surface area contributed by atoms with Gasteiger partial charge >= 0.3 is 0 Å². The number of allylic oxidation sites excluding steroid dienone is 1. The van der Waals surface area contributed by atoms with E-state index >= 15 is 0 Å². The quantitative estimate of drug-likeness (QED) is 0.359. The monoisotopic (exact) mass is 372 g/mol. The molecule has 7 heteroatoms. The van der Waals surface area contributed by atoms with Crippen LogP contribution in [0.2, 0.25) is 0 Å². The fraction of sp³-hybridized carbons (Fsp3) is 0.842. The van der Waals surface area contributed by atoms with Gasteiger partial charge in [0.25, 0.3) is 0 Å². The number of carbonyl (C=O) groups excluding carboxylic acids is 1. The Morgan fingerprint density at radius 2 is 2.08 bits per heavy atom. The topological polar surface area (TPSA) is 120 Å². The molecule has 4 N–H and O–H groups in total. The lowest BCUT2D eigenvalue weighted by molar-refractivity contribution is -0.258. The predicted molar refractivity (Wildman–Crippen MR) is 94.2 cm³/mol. The van der Waals surface area contributed by atoms with Crippen LogP contribution >= 0.6 is 0 Å². The van der Waals surface area contributed by atoms with Gasteiger partial charge in [0, 0.05) is 12.3 Å². The summed E-state index contributed by atoms with van der Waals surface area (Å²) in [7, 11) is 0. The Labute approximate surface area is 154 Å². The summed E-state index contributed by atoms with van der Waals surface area (Å²) in [4.78, 5) is 12.8. The number of Topliss-reactive ketones (excluding diaryl/α,β-unsaturated/α-hetero) is 1. The molecule has 8 atom stereocenters. The second-order valence-electron chi connectivity index (χ2n) is 7.73. The summed E-state index contributed by atoms with van der Waals surface area (Å²) >= 11 is 0. The lowest BCUT2D eigenvalue weighted by Crippen LogP contribution is -2.53. The SMILES string of the molecule is C/C=C\[C@H](C)[C@@H]1O[C@]1(C)[C@@H](O)[C@H](CO)C(=O)[C@H]1CO[C@@](O)(CC)C[C@@H]1O. The van der Waals surface area contributed by atoms with Gasteiger partial charge in [0.15, 0.2) is 5.79 Å². The number of rotatable bonds is 8. The highest BCUT2D eigenvalue weighted by atomic mass is 16.6. The fourth-order valence-electron chi connectivity index (χ4n) is 3.93. The van der Waals surface area contributed by atoms with Gasteiger partial charge in [0.2, 0.25) is 0 Å². The van der Waals surface area contributed by atoms with Crippen molar-refractivity contribution in [2.45, 2.75) is 70.2 Å². The predicted octanol–water partition coefficient (Wildman–Crippen LogP) is 0.391. The Hall–Kier alpha value is -0.830. The smallest absolute Gasteiger partial charge is 0.167 e. The van der Waals surface area contributed by atoms with Crippen LogP contribution in [-0.2, 0) is 14.3 Å². The van der Waals surface area contributed by atoms with E-state index in [-0.39, 0.29) is 25.0 Å². The van der Waals surface area contributed by atoms with Gasteiger partial charge in [-0.1, -0.05) is 26.0 Å². The van der Waals surface area contributed by atoms with Crippen molar-refractivity contribution in [3.05, 3.63) is 12.2 Å². The van der Waals surface area contributed by atoms with E-state index in [0.29, 0.717) is 6.42 Å². The molecule has 2 fully saturated rings. The van der Waals surface area contributed by atoms with E-state index in [1.807, 2.05) is 26.0 Å². The molecule has 2 aliphatic rings. The molecular weight excluding hydrogens is 340 g/mol. The molecule has 7 nitrogen and oxygen atoms in total. The minimum Gasteiger partial charge on any atom is -0.396 e. The standard InChI is InChI=1S/C19H32O7/c1-5-7-11(3)17-18(4,26-17)16(23)12(9-20)15(22)13-10-25-19(24,6-2)8-14(13)21/h5,7,11-14,16-17,20-21,23-24H,6,8-10H2,1-4H3/b7-5-/t11-,12+,13-,14-,16-,17-,18+,19-/m0/s1. The van der Waals surface area contributed by atoms with Gasteiger partial charge in [0.05, 0.1) is 43.4 Å². The molecule has 0 aromatic rings. The van der Waals surface area contributed by atoms with Gasteiger partial charge in [-0.15, -0.1) is 0 Å². The van der Waals surface area contributed by atoms with Gasteiger partial charge in [0.1, 0.15) is 11.4 Å². The summed E-state index contributed by atoms with van der Waals surface area (Å²) < 4.78 is 11.0. The molecule has 0 amide bonds. The van der Waals surface area contributed by atoms with E-state index < -0.39 is 47.8 Å². The summed E-state index contributed by atoms with van der Waals surface area (Å²) in [5, 5.41) is 40.9. The number of hydrogen-bond acceptors (Lipinski definition) is 7. The van der Waals surface area contributed by atoms with Crippen LogP contribution in [0.5, 0.6) is 0 Å². The van der Waals surface area contributed by atoms with Crippen molar-refractivity contribution in [2.75, 3.05) is 13.2 Å². The lowest BCUT2D eigenvalue weighted by atomic mass is 9.78. The first-order valence-corrected chi connectivity index (χ1v) is 9.31. The van der Waals surface area contributed by atoms with E-state index in [2.05, 4.69) is 0 Å². The summed E-state index contributed by atoms with van der Waals surface area (Å²) in [5.74, 6) is -3.83. The molecule has 2 rings (SSSR count). The first-order chi connectivity index (χ1) is 12.1. The first-order valence-electron chi connectivity index (χ1n) is 9.31. The van der Waals surface area contributed by atoms with Crippen molar-refractivity contribution >= 4 is 5.78 Å². The van der Waals surface area contributed by atoms with Crippen molar-refractivity contribution in [3.8, 4) is 0 Å². The Balaban J connectivity index is 2.07. The zero-order chi connectivity index (χ0) is 19.7. The third-order valence-electron chi connectivity index (χ3n) is 5.83. The molecule has 0 aromatic carbocycles. The van der Waals surface area contributed by atoms with Crippen LogP contribution in [0, 0.1) is 17.8 Å². The molecule has 26 heavy (non-hydrogen) atoms. The van der Waals surface area contributed by atoms with Gasteiger partial charge in [-0.2, -0.15) is 0 Å². The van der Waals surface area contributed by atoms with Crippen LogP contribution < -0.4 is 0 Å². The van der Waals surface area contributed by atoms with Gasteiger partial charge in [-0.05, 0) is 20.3 Å². The van der Waals surface area contributed by atoms with Crippen LogP contribution in [-0.4, -0.2) is 69.1 Å². The highest BCUT2D eigenvalue weighted by Crippen LogP contribution is 2.47. The zero-order valence-corrected chi connectivity index (χ0v) is 16.0. The van der Waals surface area contributed by atoms with Crippen molar-refractivity contribution in [2.24, 2.45) is 17.8 Å². The normalized spacial score (nSPS) is 41.0. The Bertz CT molecular complexity index is 536. The van der Waals surface area contributed by atoms with E-state index in [0.717, 1.165) is 0 Å². The largest absolute Gasteiger partial charge is 0.396 e. The van der Waals surface area contributed by atoms with E-state index in [1.54, 1.807) is 13.8 Å². The van der Waals surface area contributed by atoms with Crippen LogP contribution in [0.4, 0.5) is 0 Å². The highest BCUT2D eigenvalue weighted by molar-refractivity contribution is 5.85. The summed E-state index contributed by atoms with van der Waals surface area (Å²) in [6.45, 7) is 6.61. The second-order valence-corrected chi connectivity index (χ2v) is 7.73. The average molecular weight is 372 g/mol. The van der Waals surface area contributed by atoms with Crippen molar-refractivity contribution in [3.63, 3.8) is 0 Å². The molecule has 0 unspecified atom stereocenters. The van der Waals surface area contributed by atoms with E-state index in [1.165, 1.54) is 0 Å². The number of ketones is 1. The molecule has 2 saturated heterocycles. The fourth-order valence-corrected chi connectivity index (χ4v) is 3.93. The Morgan fingerprint density at radius 3 is 2.58 bits per heavy atom. The average Bonchev–Trinajstić information content (AvgIpc) is 3.29. The molecule has 2 heterocycles. The van der Waals surface area contributed by atoms with Crippen LogP contribution in [0.15, 0.2) is 12.2 Å². The molecule has 0 spiro atoms. The van der Waals surface area contributed by atoms with E-state index in [9.17, 15) is 25.2 Å².